The summed E-state index contributed by atoms with van der Waals surface area (Å²) in [6.07, 6.45) is 0. The molecule has 0 amide bonds. The van der Waals surface area contributed by atoms with Gasteiger partial charge in [0.1, 0.15) is 5.82 Å². The lowest BCUT2D eigenvalue weighted by atomic mass is 10.1. The molecule has 0 spiro atoms. The van der Waals surface area contributed by atoms with Crippen molar-refractivity contribution in [3.63, 3.8) is 0 Å². The van der Waals surface area contributed by atoms with Crippen molar-refractivity contribution in [3.05, 3.63) is 52.0 Å². The minimum Gasteiger partial charge on any atom is -0.367 e. The van der Waals surface area contributed by atoms with Gasteiger partial charge in [-0.05, 0) is 42.6 Å². The van der Waals surface area contributed by atoms with E-state index in [4.69, 9.17) is 0 Å². The van der Waals surface area contributed by atoms with E-state index in [2.05, 4.69) is 18.3 Å². The van der Waals surface area contributed by atoms with Crippen LogP contribution in [0.15, 0.2) is 35.7 Å². The average molecular weight is 292 g/mol. The van der Waals surface area contributed by atoms with Crippen molar-refractivity contribution < 1.29 is 4.39 Å². The van der Waals surface area contributed by atoms with E-state index in [0.29, 0.717) is 5.69 Å². The SMILES string of the molecule is CCNC(C)c1ccc(N(C)Cc2cccs2)c(F)c1. The normalized spacial score (nSPS) is 12.4. The van der Waals surface area contributed by atoms with Crippen molar-refractivity contribution in [2.45, 2.75) is 26.4 Å². The highest BCUT2D eigenvalue weighted by molar-refractivity contribution is 7.09. The van der Waals surface area contributed by atoms with Gasteiger partial charge in [0.05, 0.1) is 12.2 Å². The van der Waals surface area contributed by atoms with Gasteiger partial charge in [0, 0.05) is 18.0 Å². The van der Waals surface area contributed by atoms with E-state index in [1.807, 2.05) is 42.5 Å². The lowest BCUT2D eigenvalue weighted by Gasteiger charge is -2.21. The second kappa shape index (κ2) is 6.86. The second-order valence-corrected chi connectivity index (χ2v) is 5.96. The summed E-state index contributed by atoms with van der Waals surface area (Å²) in [5, 5.41) is 5.34. The monoisotopic (exact) mass is 292 g/mol. The molecule has 2 rings (SSSR count). The minimum absolute atomic E-state index is 0.161. The van der Waals surface area contributed by atoms with Gasteiger partial charge in [0.15, 0.2) is 0 Å². The molecule has 2 aromatic rings. The summed E-state index contributed by atoms with van der Waals surface area (Å²) in [7, 11) is 1.92. The predicted molar refractivity (Wildman–Crippen MR) is 84.9 cm³/mol. The summed E-state index contributed by atoms with van der Waals surface area (Å²) in [6.45, 7) is 5.71. The molecule has 0 aliphatic heterocycles. The Morgan fingerprint density at radius 3 is 2.75 bits per heavy atom. The van der Waals surface area contributed by atoms with Crippen molar-refractivity contribution in [1.82, 2.24) is 5.32 Å². The summed E-state index contributed by atoms with van der Waals surface area (Å²) in [4.78, 5) is 3.18. The van der Waals surface area contributed by atoms with Crippen molar-refractivity contribution in [2.24, 2.45) is 0 Å². The zero-order chi connectivity index (χ0) is 14.5. The maximum atomic E-state index is 14.3. The lowest BCUT2D eigenvalue weighted by Crippen LogP contribution is -2.19. The second-order valence-electron chi connectivity index (χ2n) is 4.93. The average Bonchev–Trinajstić information content (AvgIpc) is 2.91. The van der Waals surface area contributed by atoms with Crippen LogP contribution in [0.3, 0.4) is 0 Å². The van der Waals surface area contributed by atoms with Crippen LogP contribution in [-0.2, 0) is 6.54 Å². The topological polar surface area (TPSA) is 15.3 Å². The van der Waals surface area contributed by atoms with Crippen LogP contribution in [-0.4, -0.2) is 13.6 Å². The van der Waals surface area contributed by atoms with Gasteiger partial charge in [0.25, 0.3) is 0 Å². The van der Waals surface area contributed by atoms with Crippen LogP contribution < -0.4 is 10.2 Å². The molecule has 0 aliphatic rings. The maximum Gasteiger partial charge on any atom is 0.146 e. The number of anilines is 1. The fourth-order valence-electron chi connectivity index (χ4n) is 2.25. The zero-order valence-corrected chi connectivity index (χ0v) is 13.0. The third-order valence-corrected chi connectivity index (χ3v) is 4.23. The summed E-state index contributed by atoms with van der Waals surface area (Å²) < 4.78 is 14.3. The summed E-state index contributed by atoms with van der Waals surface area (Å²) in [5.41, 5.74) is 1.63. The molecule has 0 fully saturated rings. The number of benzene rings is 1. The van der Waals surface area contributed by atoms with Crippen molar-refractivity contribution in [1.29, 1.82) is 0 Å². The molecule has 1 aromatic carbocycles. The van der Waals surface area contributed by atoms with Crippen molar-refractivity contribution in [2.75, 3.05) is 18.5 Å². The highest BCUT2D eigenvalue weighted by Crippen LogP contribution is 2.24. The highest BCUT2D eigenvalue weighted by Gasteiger charge is 2.12. The first-order chi connectivity index (χ1) is 9.61. The minimum atomic E-state index is -0.161. The molecule has 0 aliphatic carbocycles. The van der Waals surface area contributed by atoms with Crippen LogP contribution >= 0.6 is 11.3 Å². The van der Waals surface area contributed by atoms with Gasteiger partial charge >= 0.3 is 0 Å². The summed E-state index contributed by atoms with van der Waals surface area (Å²) in [6, 6.07) is 9.76. The Labute approximate surface area is 124 Å². The Bertz CT molecular complexity index is 539. The third kappa shape index (κ3) is 3.58. The molecule has 0 bridgehead atoms. The standard InChI is InChI=1S/C16H21FN2S/c1-4-18-12(2)13-7-8-16(15(17)10-13)19(3)11-14-6-5-9-20-14/h5-10,12,18H,4,11H2,1-3H3. The molecule has 0 saturated carbocycles. The summed E-state index contributed by atoms with van der Waals surface area (Å²) >= 11 is 1.69. The molecule has 1 unspecified atom stereocenters. The van der Waals surface area contributed by atoms with E-state index in [1.54, 1.807) is 17.4 Å². The lowest BCUT2D eigenvalue weighted by molar-refractivity contribution is 0.581. The quantitative estimate of drug-likeness (QED) is 0.858. The van der Waals surface area contributed by atoms with Crippen LogP contribution in [0.1, 0.15) is 30.3 Å². The Hall–Kier alpha value is -1.39. The molecule has 108 valence electrons. The van der Waals surface area contributed by atoms with E-state index in [1.165, 1.54) is 4.88 Å². The van der Waals surface area contributed by atoms with Crippen LogP contribution in [0.4, 0.5) is 10.1 Å². The fourth-order valence-corrected chi connectivity index (χ4v) is 3.00. The molecule has 1 atom stereocenters. The Morgan fingerprint density at radius 1 is 1.35 bits per heavy atom. The molecular weight excluding hydrogens is 271 g/mol. The number of nitrogens with one attached hydrogen (secondary N) is 1. The molecule has 4 heteroatoms. The largest absolute Gasteiger partial charge is 0.367 e. The maximum absolute atomic E-state index is 14.3. The van der Waals surface area contributed by atoms with E-state index in [-0.39, 0.29) is 11.9 Å². The van der Waals surface area contributed by atoms with E-state index >= 15 is 0 Å². The smallest absolute Gasteiger partial charge is 0.146 e. The third-order valence-electron chi connectivity index (χ3n) is 3.37. The summed E-state index contributed by atoms with van der Waals surface area (Å²) in [5.74, 6) is -0.161. The number of hydrogen-bond donors (Lipinski definition) is 1. The van der Waals surface area contributed by atoms with Gasteiger partial charge in [0.2, 0.25) is 0 Å². The molecule has 1 heterocycles. The first kappa shape index (κ1) is 15.0. The van der Waals surface area contributed by atoms with Crippen LogP contribution in [0.5, 0.6) is 0 Å². The zero-order valence-electron chi connectivity index (χ0n) is 12.2. The molecule has 0 saturated heterocycles. The number of thiophene rings is 1. The molecule has 0 radical (unpaired) electrons. The first-order valence-corrected chi connectivity index (χ1v) is 7.76. The van der Waals surface area contributed by atoms with Crippen molar-refractivity contribution >= 4 is 17.0 Å². The molecule has 20 heavy (non-hydrogen) atoms. The van der Waals surface area contributed by atoms with Gasteiger partial charge in [-0.25, -0.2) is 4.39 Å². The number of hydrogen-bond acceptors (Lipinski definition) is 3. The molecule has 1 aromatic heterocycles. The van der Waals surface area contributed by atoms with Gasteiger partial charge in [-0.15, -0.1) is 11.3 Å². The fraction of sp³-hybridized carbons (Fsp3) is 0.375. The van der Waals surface area contributed by atoms with Gasteiger partial charge in [-0.1, -0.05) is 19.1 Å². The first-order valence-electron chi connectivity index (χ1n) is 6.88. The number of rotatable bonds is 6. The van der Waals surface area contributed by atoms with Crippen molar-refractivity contribution in [3.8, 4) is 0 Å². The van der Waals surface area contributed by atoms with Gasteiger partial charge in [-0.2, -0.15) is 0 Å². The molecular formula is C16H21FN2S. The van der Waals surface area contributed by atoms with Crippen LogP contribution in [0.2, 0.25) is 0 Å². The molecule has 2 nitrogen and oxygen atoms in total. The van der Waals surface area contributed by atoms with Gasteiger partial charge in [-0.3, -0.25) is 0 Å². The number of nitrogens with zero attached hydrogens (tertiary/aromatic N) is 1. The van der Waals surface area contributed by atoms with E-state index in [0.717, 1.165) is 18.7 Å². The van der Waals surface area contributed by atoms with E-state index in [9.17, 15) is 4.39 Å². The van der Waals surface area contributed by atoms with Gasteiger partial charge < -0.3 is 10.2 Å². The number of halogens is 1. The Morgan fingerprint density at radius 2 is 2.15 bits per heavy atom. The molecule has 1 N–H and O–H groups in total. The predicted octanol–water partition coefficient (Wildman–Crippen LogP) is 4.19. The highest BCUT2D eigenvalue weighted by atomic mass is 32.1. The van der Waals surface area contributed by atoms with Crippen LogP contribution in [0, 0.1) is 5.82 Å². The Balaban J connectivity index is 2.12. The Kier molecular flexibility index (Phi) is 5.15. The van der Waals surface area contributed by atoms with E-state index < -0.39 is 0 Å². The van der Waals surface area contributed by atoms with Crippen LogP contribution in [0.25, 0.3) is 0 Å².